The van der Waals surface area contributed by atoms with Crippen LogP contribution in [0.5, 0.6) is 0 Å². The van der Waals surface area contributed by atoms with Gasteiger partial charge in [-0.2, -0.15) is 0 Å². The van der Waals surface area contributed by atoms with Gasteiger partial charge < -0.3 is 4.74 Å². The number of fused-ring (bicyclic) bond motifs is 1. The fourth-order valence-corrected chi connectivity index (χ4v) is 1.89. The van der Waals surface area contributed by atoms with Gasteiger partial charge in [-0.25, -0.2) is 4.79 Å². The number of rotatable bonds is 3. The van der Waals surface area contributed by atoms with Crippen LogP contribution in [0.1, 0.15) is 18.6 Å². The maximum Gasteiger partial charge on any atom is 0.330 e. The monoisotopic (exact) mass is 226 g/mol. The molecule has 2 aromatic rings. The minimum absolute atomic E-state index is 0.272. The third-order valence-electron chi connectivity index (χ3n) is 2.72. The molecule has 2 rings (SSSR count). The van der Waals surface area contributed by atoms with E-state index < -0.39 is 5.97 Å². The number of carbonyl (C=O) groups is 1. The van der Waals surface area contributed by atoms with E-state index in [0.29, 0.717) is 0 Å². The average Bonchev–Trinajstić information content (AvgIpc) is 2.37. The lowest BCUT2D eigenvalue weighted by atomic mass is 10.0. The topological polar surface area (TPSA) is 26.3 Å². The molecule has 1 unspecified atom stereocenters. The summed E-state index contributed by atoms with van der Waals surface area (Å²) in [6, 6.07) is 14.0. The second-order valence-corrected chi connectivity index (χ2v) is 3.85. The van der Waals surface area contributed by atoms with E-state index in [-0.39, 0.29) is 6.10 Å². The Morgan fingerprint density at radius 1 is 1.24 bits per heavy atom. The fraction of sp³-hybridized carbons (Fsp3) is 0.133. The van der Waals surface area contributed by atoms with Crippen LogP contribution in [-0.2, 0) is 9.53 Å². The first-order chi connectivity index (χ1) is 8.22. The highest BCUT2D eigenvalue weighted by Gasteiger charge is 2.11. The van der Waals surface area contributed by atoms with Gasteiger partial charge in [-0.3, -0.25) is 0 Å². The Morgan fingerprint density at radius 3 is 2.71 bits per heavy atom. The lowest BCUT2D eigenvalue weighted by Gasteiger charge is -2.14. The summed E-state index contributed by atoms with van der Waals surface area (Å²) in [5.41, 5.74) is 1.01. The van der Waals surface area contributed by atoms with Crippen molar-refractivity contribution in [2.24, 2.45) is 0 Å². The largest absolute Gasteiger partial charge is 0.455 e. The molecule has 2 aromatic carbocycles. The van der Waals surface area contributed by atoms with Crippen molar-refractivity contribution < 1.29 is 9.53 Å². The van der Waals surface area contributed by atoms with E-state index >= 15 is 0 Å². The molecule has 0 aliphatic rings. The molecule has 0 bridgehead atoms. The summed E-state index contributed by atoms with van der Waals surface area (Å²) in [7, 11) is 0. The van der Waals surface area contributed by atoms with Crippen LogP contribution in [0.25, 0.3) is 10.8 Å². The highest BCUT2D eigenvalue weighted by Crippen LogP contribution is 2.26. The van der Waals surface area contributed by atoms with E-state index in [1.54, 1.807) is 0 Å². The van der Waals surface area contributed by atoms with Crippen molar-refractivity contribution in [3.05, 3.63) is 60.7 Å². The van der Waals surface area contributed by atoms with E-state index in [9.17, 15) is 4.79 Å². The maximum atomic E-state index is 11.2. The van der Waals surface area contributed by atoms with Crippen LogP contribution >= 0.6 is 0 Å². The van der Waals surface area contributed by atoms with Gasteiger partial charge in [0.2, 0.25) is 0 Å². The molecule has 2 nitrogen and oxygen atoms in total. The number of benzene rings is 2. The first-order valence-corrected chi connectivity index (χ1v) is 5.53. The fourth-order valence-electron chi connectivity index (χ4n) is 1.89. The van der Waals surface area contributed by atoms with Crippen molar-refractivity contribution in [1.82, 2.24) is 0 Å². The molecule has 0 radical (unpaired) electrons. The Labute approximate surface area is 101 Å². The van der Waals surface area contributed by atoms with Crippen LogP contribution in [0.2, 0.25) is 0 Å². The van der Waals surface area contributed by atoms with E-state index in [1.807, 2.05) is 49.4 Å². The van der Waals surface area contributed by atoms with Crippen LogP contribution < -0.4 is 0 Å². The summed E-state index contributed by atoms with van der Waals surface area (Å²) in [6.45, 7) is 5.26. The second-order valence-electron chi connectivity index (χ2n) is 3.85. The molecule has 17 heavy (non-hydrogen) atoms. The molecule has 2 heteroatoms. The molecule has 0 saturated carbocycles. The second kappa shape index (κ2) is 4.83. The highest BCUT2D eigenvalue weighted by molar-refractivity contribution is 5.86. The lowest BCUT2D eigenvalue weighted by Crippen LogP contribution is -2.06. The number of esters is 1. The Bertz CT molecular complexity index is 552. The number of hydrogen-bond donors (Lipinski definition) is 0. The van der Waals surface area contributed by atoms with Crippen LogP contribution in [-0.4, -0.2) is 5.97 Å². The average molecular weight is 226 g/mol. The smallest absolute Gasteiger partial charge is 0.330 e. The molecule has 0 amide bonds. The Morgan fingerprint density at radius 2 is 1.94 bits per heavy atom. The van der Waals surface area contributed by atoms with Gasteiger partial charge in [0.1, 0.15) is 6.10 Å². The van der Waals surface area contributed by atoms with Gasteiger partial charge in [-0.15, -0.1) is 0 Å². The quantitative estimate of drug-likeness (QED) is 0.590. The van der Waals surface area contributed by atoms with E-state index in [1.165, 1.54) is 6.08 Å². The number of ether oxygens (including phenoxy) is 1. The zero-order chi connectivity index (χ0) is 12.3. The summed E-state index contributed by atoms with van der Waals surface area (Å²) in [5, 5.41) is 2.26. The highest BCUT2D eigenvalue weighted by atomic mass is 16.5. The van der Waals surface area contributed by atoms with Gasteiger partial charge in [0.15, 0.2) is 0 Å². The van der Waals surface area contributed by atoms with Gasteiger partial charge in [-0.1, -0.05) is 49.0 Å². The Kier molecular flexibility index (Phi) is 3.24. The van der Waals surface area contributed by atoms with Crippen molar-refractivity contribution in [2.75, 3.05) is 0 Å². The summed E-state index contributed by atoms with van der Waals surface area (Å²) in [5.74, 6) is -0.398. The minimum Gasteiger partial charge on any atom is -0.455 e. The molecule has 0 aliphatic carbocycles. The molecule has 0 fully saturated rings. The van der Waals surface area contributed by atoms with Crippen molar-refractivity contribution in [3.8, 4) is 0 Å². The normalized spacial score (nSPS) is 12.1. The van der Waals surface area contributed by atoms with Crippen LogP contribution in [0, 0.1) is 0 Å². The van der Waals surface area contributed by atoms with Crippen molar-refractivity contribution in [1.29, 1.82) is 0 Å². The molecular formula is C15H14O2. The van der Waals surface area contributed by atoms with E-state index in [2.05, 4.69) is 6.58 Å². The van der Waals surface area contributed by atoms with Crippen molar-refractivity contribution >= 4 is 16.7 Å². The molecule has 1 atom stereocenters. The molecule has 0 aliphatic heterocycles. The first-order valence-electron chi connectivity index (χ1n) is 5.53. The van der Waals surface area contributed by atoms with Gasteiger partial charge >= 0.3 is 5.97 Å². The molecule has 0 spiro atoms. The number of hydrogen-bond acceptors (Lipinski definition) is 2. The Balaban J connectivity index is 2.41. The standard InChI is InChI=1S/C15H14O2/c1-3-15(16)17-11(2)13-10-6-8-12-7-4-5-9-14(12)13/h3-11H,1H2,2H3. The number of carbonyl (C=O) groups excluding carboxylic acids is 1. The van der Waals surface area contributed by atoms with Crippen molar-refractivity contribution in [2.45, 2.75) is 13.0 Å². The van der Waals surface area contributed by atoms with Gasteiger partial charge in [-0.05, 0) is 23.3 Å². The van der Waals surface area contributed by atoms with Gasteiger partial charge in [0, 0.05) is 6.08 Å². The van der Waals surface area contributed by atoms with Gasteiger partial charge in [0.25, 0.3) is 0 Å². The molecule has 0 N–H and O–H groups in total. The van der Waals surface area contributed by atoms with E-state index in [0.717, 1.165) is 16.3 Å². The molecular weight excluding hydrogens is 212 g/mol. The third-order valence-corrected chi connectivity index (χ3v) is 2.72. The minimum atomic E-state index is -0.398. The summed E-state index contributed by atoms with van der Waals surface area (Å²) in [4.78, 5) is 11.2. The molecule has 86 valence electrons. The lowest BCUT2D eigenvalue weighted by molar-refractivity contribution is -0.142. The molecule has 0 saturated heterocycles. The first kappa shape index (κ1) is 11.4. The maximum absolute atomic E-state index is 11.2. The SMILES string of the molecule is C=CC(=O)OC(C)c1cccc2ccccc12. The molecule has 0 aromatic heterocycles. The summed E-state index contributed by atoms with van der Waals surface area (Å²) >= 11 is 0. The van der Waals surface area contributed by atoms with Crippen LogP contribution in [0.4, 0.5) is 0 Å². The van der Waals surface area contributed by atoms with Gasteiger partial charge in [0.05, 0.1) is 0 Å². The third kappa shape index (κ3) is 2.36. The zero-order valence-corrected chi connectivity index (χ0v) is 9.72. The predicted molar refractivity (Wildman–Crippen MR) is 68.7 cm³/mol. The zero-order valence-electron chi connectivity index (χ0n) is 9.72. The van der Waals surface area contributed by atoms with Crippen LogP contribution in [0.3, 0.4) is 0 Å². The van der Waals surface area contributed by atoms with Crippen LogP contribution in [0.15, 0.2) is 55.1 Å². The van der Waals surface area contributed by atoms with E-state index in [4.69, 9.17) is 4.74 Å². The molecule has 0 heterocycles. The summed E-state index contributed by atoms with van der Waals surface area (Å²) < 4.78 is 5.24. The summed E-state index contributed by atoms with van der Waals surface area (Å²) in [6.07, 6.45) is 0.911. The predicted octanol–water partition coefficient (Wildman–Crippen LogP) is 3.63. The Hall–Kier alpha value is -2.09. The van der Waals surface area contributed by atoms with Crippen molar-refractivity contribution in [3.63, 3.8) is 0 Å².